The number of carbonyl (C=O) groups is 1. The van der Waals surface area contributed by atoms with Gasteiger partial charge in [-0.1, -0.05) is 18.2 Å². The zero-order valence-corrected chi connectivity index (χ0v) is 12.6. The molecule has 114 valence electrons. The van der Waals surface area contributed by atoms with Crippen LogP contribution in [0.5, 0.6) is 0 Å². The molecule has 0 aliphatic heterocycles. The van der Waals surface area contributed by atoms with E-state index in [9.17, 15) is 14.5 Å². The van der Waals surface area contributed by atoms with Crippen LogP contribution in [0, 0.1) is 0 Å². The number of aromatic nitrogens is 1. The van der Waals surface area contributed by atoms with Crippen LogP contribution in [-0.2, 0) is 24.8 Å². The Balaban J connectivity index is 2.24. The van der Waals surface area contributed by atoms with Crippen LogP contribution in [0.4, 0.5) is 0 Å². The second-order valence-corrected chi connectivity index (χ2v) is 6.43. The van der Waals surface area contributed by atoms with Gasteiger partial charge in [-0.15, -0.1) is 0 Å². The highest BCUT2D eigenvalue weighted by Crippen LogP contribution is 2.42. The van der Waals surface area contributed by atoms with Gasteiger partial charge in [0.2, 0.25) is 0 Å². The summed E-state index contributed by atoms with van der Waals surface area (Å²) in [6, 6.07) is 6.47. The Labute approximate surface area is 121 Å². The van der Waals surface area contributed by atoms with Crippen LogP contribution < -0.4 is 5.09 Å². The molecule has 3 N–H and O–H groups in total. The highest BCUT2D eigenvalue weighted by atomic mass is 31.2. The average Bonchev–Trinajstić information content (AvgIpc) is 2.89. The minimum Gasteiger partial charge on any atom is -0.480 e. The smallest absolute Gasteiger partial charge is 0.405 e. The van der Waals surface area contributed by atoms with E-state index >= 15 is 0 Å². The zero-order chi connectivity index (χ0) is 15.5. The lowest BCUT2D eigenvalue weighted by Gasteiger charge is -2.20. The van der Waals surface area contributed by atoms with Crippen LogP contribution in [0.2, 0.25) is 0 Å². The number of aromatic amines is 1. The highest BCUT2D eigenvalue weighted by Gasteiger charge is 2.30. The lowest BCUT2D eigenvalue weighted by molar-refractivity contribution is -0.139. The predicted octanol–water partition coefficient (Wildman–Crippen LogP) is 2.15. The molecule has 0 saturated heterocycles. The summed E-state index contributed by atoms with van der Waals surface area (Å²) in [4.78, 5) is 14.4. The van der Waals surface area contributed by atoms with Crippen LogP contribution in [0.15, 0.2) is 30.5 Å². The van der Waals surface area contributed by atoms with Gasteiger partial charge in [-0.05, 0) is 11.6 Å². The molecule has 8 heteroatoms. The van der Waals surface area contributed by atoms with E-state index in [1.165, 1.54) is 14.2 Å². The van der Waals surface area contributed by atoms with Crippen molar-refractivity contribution < 1.29 is 23.5 Å². The largest absolute Gasteiger partial charge is 0.480 e. The number of hydrogen-bond donors (Lipinski definition) is 3. The first-order valence-corrected chi connectivity index (χ1v) is 7.80. The molecule has 7 nitrogen and oxygen atoms in total. The topological polar surface area (TPSA) is 101 Å². The molecular weight excluding hydrogens is 295 g/mol. The number of nitrogens with one attached hydrogen (secondary N) is 2. The molecule has 21 heavy (non-hydrogen) atoms. The number of carboxylic acid groups (broad SMARTS) is 1. The SMILES string of the molecule is COP(=O)(N[C@@H](Cc1c[nH]c2ccccc12)C(=O)O)OC. The Bertz CT molecular complexity index is 676. The van der Waals surface area contributed by atoms with Crippen molar-refractivity contribution in [1.29, 1.82) is 0 Å². The highest BCUT2D eigenvalue weighted by molar-refractivity contribution is 7.51. The van der Waals surface area contributed by atoms with E-state index in [1.54, 1.807) is 6.20 Å². The van der Waals surface area contributed by atoms with E-state index in [1.807, 2.05) is 24.3 Å². The lowest BCUT2D eigenvalue weighted by atomic mass is 10.1. The normalized spacial score (nSPS) is 13.4. The number of fused-ring (bicyclic) bond motifs is 1. The molecule has 0 amide bonds. The van der Waals surface area contributed by atoms with Crippen molar-refractivity contribution in [2.24, 2.45) is 0 Å². The van der Waals surface area contributed by atoms with Gasteiger partial charge in [0.15, 0.2) is 0 Å². The third kappa shape index (κ3) is 3.51. The molecule has 0 aliphatic carbocycles. The number of carboxylic acids is 1. The molecule has 0 spiro atoms. The Kier molecular flexibility index (Phi) is 4.80. The monoisotopic (exact) mass is 312 g/mol. The summed E-state index contributed by atoms with van der Waals surface area (Å²) >= 11 is 0. The fourth-order valence-corrected chi connectivity index (χ4v) is 3.02. The molecule has 0 aliphatic rings. The van der Waals surface area contributed by atoms with E-state index < -0.39 is 19.8 Å². The van der Waals surface area contributed by atoms with Crippen LogP contribution >= 0.6 is 7.75 Å². The van der Waals surface area contributed by atoms with Gasteiger partial charge >= 0.3 is 13.7 Å². The molecule has 1 aromatic heterocycles. The van der Waals surface area contributed by atoms with Gasteiger partial charge in [0.1, 0.15) is 6.04 Å². The maximum atomic E-state index is 12.0. The molecule has 1 heterocycles. The Morgan fingerprint density at radius 2 is 2.05 bits per heavy atom. The first-order chi connectivity index (χ1) is 9.99. The number of aliphatic carboxylic acids is 1. The summed E-state index contributed by atoms with van der Waals surface area (Å²) < 4.78 is 21.5. The maximum absolute atomic E-state index is 12.0. The molecule has 1 aromatic carbocycles. The first kappa shape index (κ1) is 15.7. The molecule has 0 unspecified atom stereocenters. The number of rotatable bonds is 7. The van der Waals surface area contributed by atoms with Crippen molar-refractivity contribution in [3.8, 4) is 0 Å². The van der Waals surface area contributed by atoms with E-state index in [2.05, 4.69) is 10.1 Å². The van der Waals surface area contributed by atoms with Crippen molar-refractivity contribution in [1.82, 2.24) is 10.1 Å². The van der Waals surface area contributed by atoms with Crippen molar-refractivity contribution in [3.05, 3.63) is 36.0 Å². The number of hydrogen-bond acceptors (Lipinski definition) is 4. The summed E-state index contributed by atoms with van der Waals surface area (Å²) in [6.45, 7) is 0. The third-order valence-corrected chi connectivity index (χ3v) is 4.78. The van der Waals surface area contributed by atoms with Gasteiger partial charge in [0, 0.05) is 37.7 Å². The molecule has 0 saturated carbocycles. The standard InChI is InChI=1S/C13H17N2O5P/c1-19-21(18,20-2)15-12(13(16)17)7-9-8-14-11-6-4-3-5-10(9)11/h3-6,8,12,14H,7H2,1-2H3,(H,15,18)(H,16,17)/t12-/m0/s1. The molecular formula is C13H17N2O5P. The Morgan fingerprint density at radius 1 is 1.38 bits per heavy atom. The molecule has 2 rings (SSSR count). The van der Waals surface area contributed by atoms with Crippen molar-refractivity contribution in [2.75, 3.05) is 14.2 Å². The predicted molar refractivity (Wildman–Crippen MR) is 78.2 cm³/mol. The molecule has 0 bridgehead atoms. The summed E-state index contributed by atoms with van der Waals surface area (Å²) in [7, 11) is -1.22. The van der Waals surface area contributed by atoms with Gasteiger partial charge < -0.3 is 19.1 Å². The van der Waals surface area contributed by atoms with Gasteiger partial charge in [-0.2, -0.15) is 0 Å². The van der Waals surface area contributed by atoms with Gasteiger partial charge in [0.05, 0.1) is 0 Å². The minimum atomic E-state index is -3.61. The van der Waals surface area contributed by atoms with Crippen molar-refractivity contribution >= 4 is 24.6 Å². The number of benzene rings is 1. The number of para-hydroxylation sites is 1. The fourth-order valence-electron chi connectivity index (χ4n) is 2.08. The molecule has 1 atom stereocenters. The van der Waals surface area contributed by atoms with Gasteiger partial charge in [-0.25, -0.2) is 9.65 Å². The summed E-state index contributed by atoms with van der Waals surface area (Å²) in [5.41, 5.74) is 1.72. The summed E-state index contributed by atoms with van der Waals surface area (Å²) in [5, 5.41) is 12.6. The second kappa shape index (κ2) is 6.41. The summed E-state index contributed by atoms with van der Waals surface area (Å²) in [6.07, 6.45) is 1.89. The van der Waals surface area contributed by atoms with Crippen LogP contribution in [-0.4, -0.2) is 36.3 Å². The van der Waals surface area contributed by atoms with Gasteiger partial charge in [0.25, 0.3) is 0 Å². The molecule has 0 radical (unpaired) electrons. The maximum Gasteiger partial charge on any atom is 0.405 e. The third-order valence-electron chi connectivity index (χ3n) is 3.19. The molecule has 2 aromatic rings. The fraction of sp³-hybridized carbons (Fsp3) is 0.308. The number of H-pyrrole nitrogens is 1. The van der Waals surface area contributed by atoms with Gasteiger partial charge in [-0.3, -0.25) is 4.79 Å². The summed E-state index contributed by atoms with van der Waals surface area (Å²) in [5.74, 6) is -1.13. The van der Waals surface area contributed by atoms with Crippen LogP contribution in [0.25, 0.3) is 10.9 Å². The Morgan fingerprint density at radius 3 is 2.67 bits per heavy atom. The quantitative estimate of drug-likeness (QED) is 0.677. The van der Waals surface area contributed by atoms with Crippen molar-refractivity contribution in [3.63, 3.8) is 0 Å². The van der Waals surface area contributed by atoms with Crippen LogP contribution in [0.3, 0.4) is 0 Å². The van der Waals surface area contributed by atoms with E-state index in [0.717, 1.165) is 16.5 Å². The minimum absolute atomic E-state index is 0.149. The van der Waals surface area contributed by atoms with Crippen LogP contribution in [0.1, 0.15) is 5.56 Å². The molecule has 0 fully saturated rings. The average molecular weight is 312 g/mol. The van der Waals surface area contributed by atoms with E-state index in [-0.39, 0.29) is 6.42 Å². The first-order valence-electron chi connectivity index (χ1n) is 6.26. The second-order valence-electron chi connectivity index (χ2n) is 4.45. The lowest BCUT2D eigenvalue weighted by Crippen LogP contribution is -2.37. The zero-order valence-electron chi connectivity index (χ0n) is 11.7. The Hall–Kier alpha value is -1.66. The van der Waals surface area contributed by atoms with E-state index in [4.69, 9.17) is 9.05 Å². The van der Waals surface area contributed by atoms with E-state index in [0.29, 0.717) is 0 Å². The van der Waals surface area contributed by atoms with Crippen molar-refractivity contribution in [2.45, 2.75) is 12.5 Å².